The van der Waals surface area contributed by atoms with Crippen LogP contribution >= 0.6 is 0 Å². The van der Waals surface area contributed by atoms with Crippen LogP contribution in [0.1, 0.15) is 17.2 Å². The first-order valence-electron chi connectivity index (χ1n) is 8.89. The van der Waals surface area contributed by atoms with Gasteiger partial charge in [0.2, 0.25) is 0 Å². The number of nitrogens with zero attached hydrogens (tertiary/aromatic N) is 1. The summed E-state index contributed by atoms with van der Waals surface area (Å²) in [7, 11) is 1.67. The van der Waals surface area contributed by atoms with E-state index in [9.17, 15) is 0 Å². The van der Waals surface area contributed by atoms with E-state index >= 15 is 0 Å². The molecule has 0 fully saturated rings. The third-order valence-electron chi connectivity index (χ3n) is 4.93. The number of nitrogens with one attached hydrogen (secondary N) is 1. The summed E-state index contributed by atoms with van der Waals surface area (Å²) >= 11 is 0. The number of hydrogen-bond acceptors (Lipinski definition) is 3. The predicted octanol–water partition coefficient (Wildman–Crippen LogP) is 5.23. The lowest BCUT2D eigenvalue weighted by Gasteiger charge is -2.27. The van der Waals surface area contributed by atoms with Crippen LogP contribution in [-0.4, -0.2) is 17.3 Å². The Hall–Kier alpha value is -3.53. The van der Waals surface area contributed by atoms with Gasteiger partial charge >= 0.3 is 0 Å². The summed E-state index contributed by atoms with van der Waals surface area (Å²) in [6.07, 6.45) is -0.216. The number of rotatable bonds is 3. The predicted molar refractivity (Wildman–Crippen MR) is 105 cm³/mol. The van der Waals surface area contributed by atoms with Gasteiger partial charge < -0.3 is 9.47 Å². The molecule has 1 N–H and O–H groups in total. The van der Waals surface area contributed by atoms with Crippen LogP contribution in [0.5, 0.6) is 11.5 Å². The summed E-state index contributed by atoms with van der Waals surface area (Å²) in [6, 6.07) is 26.3. The number of para-hydroxylation sites is 1. The highest BCUT2D eigenvalue weighted by molar-refractivity contribution is 5.80. The molecule has 1 atom stereocenters. The van der Waals surface area contributed by atoms with E-state index in [1.165, 1.54) is 0 Å². The van der Waals surface area contributed by atoms with Gasteiger partial charge in [-0.05, 0) is 42.0 Å². The molecule has 1 aliphatic heterocycles. The maximum Gasteiger partial charge on any atom is 0.153 e. The van der Waals surface area contributed by atoms with Crippen molar-refractivity contribution in [1.82, 2.24) is 10.2 Å². The Morgan fingerprint density at radius 2 is 1.63 bits per heavy atom. The molecule has 1 aromatic heterocycles. The number of benzene rings is 3. The maximum absolute atomic E-state index is 6.43. The van der Waals surface area contributed by atoms with Gasteiger partial charge in [0, 0.05) is 11.1 Å². The lowest BCUT2D eigenvalue weighted by Crippen LogP contribution is -2.15. The molecule has 4 nitrogen and oxygen atoms in total. The number of methoxy groups -OCH3 is 1. The molecule has 27 heavy (non-hydrogen) atoms. The monoisotopic (exact) mass is 354 g/mol. The van der Waals surface area contributed by atoms with E-state index in [0.29, 0.717) is 0 Å². The first-order valence-corrected chi connectivity index (χ1v) is 8.89. The number of H-pyrrole nitrogens is 1. The molecule has 0 radical (unpaired) electrons. The Kier molecular flexibility index (Phi) is 3.68. The second-order valence-electron chi connectivity index (χ2n) is 6.49. The Balaban J connectivity index is 1.71. The molecule has 1 aliphatic rings. The summed E-state index contributed by atoms with van der Waals surface area (Å²) in [5.74, 6) is 1.69. The van der Waals surface area contributed by atoms with Gasteiger partial charge in [0.1, 0.15) is 11.5 Å². The number of hydrogen-bond donors (Lipinski definition) is 1. The van der Waals surface area contributed by atoms with Crippen molar-refractivity contribution < 1.29 is 9.47 Å². The summed E-state index contributed by atoms with van der Waals surface area (Å²) < 4.78 is 11.7. The van der Waals surface area contributed by atoms with Crippen molar-refractivity contribution in [3.8, 4) is 34.0 Å². The average Bonchev–Trinajstić information content (AvgIpc) is 3.19. The fraction of sp³-hybridized carbons (Fsp3) is 0.0870. The molecule has 0 bridgehead atoms. The molecule has 2 heterocycles. The number of aromatic nitrogens is 2. The van der Waals surface area contributed by atoms with Gasteiger partial charge in [-0.25, -0.2) is 0 Å². The van der Waals surface area contributed by atoms with Crippen molar-refractivity contribution in [1.29, 1.82) is 0 Å². The molecule has 0 saturated carbocycles. The van der Waals surface area contributed by atoms with Gasteiger partial charge in [0.25, 0.3) is 0 Å². The van der Waals surface area contributed by atoms with Crippen molar-refractivity contribution in [2.45, 2.75) is 6.10 Å². The molecular weight excluding hydrogens is 336 g/mol. The second kappa shape index (κ2) is 6.32. The highest BCUT2D eigenvalue weighted by Crippen LogP contribution is 2.47. The third-order valence-corrected chi connectivity index (χ3v) is 4.93. The molecule has 4 aromatic rings. The molecular formula is C23H18N2O2. The molecule has 0 spiro atoms. The Bertz CT molecular complexity index is 1090. The Labute approximate surface area is 157 Å². The molecule has 3 aromatic carbocycles. The van der Waals surface area contributed by atoms with Crippen molar-refractivity contribution in [3.63, 3.8) is 0 Å². The minimum absolute atomic E-state index is 0.216. The van der Waals surface area contributed by atoms with Crippen LogP contribution in [0.4, 0.5) is 0 Å². The van der Waals surface area contributed by atoms with E-state index in [4.69, 9.17) is 9.47 Å². The normalized spacial score (nSPS) is 14.8. The van der Waals surface area contributed by atoms with Crippen LogP contribution in [0.3, 0.4) is 0 Å². The SMILES string of the molecule is COc1ccc(-c2n[nH]c3c2C(c2ccccc2)Oc2ccccc2-3)cc1. The summed E-state index contributed by atoms with van der Waals surface area (Å²) in [4.78, 5) is 0. The van der Waals surface area contributed by atoms with Crippen molar-refractivity contribution in [2.75, 3.05) is 7.11 Å². The summed E-state index contributed by atoms with van der Waals surface area (Å²) in [6.45, 7) is 0. The van der Waals surface area contributed by atoms with Gasteiger partial charge in [-0.2, -0.15) is 5.10 Å². The molecule has 132 valence electrons. The zero-order chi connectivity index (χ0) is 18.2. The fourth-order valence-corrected chi connectivity index (χ4v) is 3.60. The lowest BCUT2D eigenvalue weighted by molar-refractivity contribution is 0.244. The van der Waals surface area contributed by atoms with Gasteiger partial charge in [-0.15, -0.1) is 0 Å². The summed E-state index contributed by atoms with van der Waals surface area (Å²) in [5, 5.41) is 7.90. The molecule has 4 heteroatoms. The minimum atomic E-state index is -0.216. The van der Waals surface area contributed by atoms with Crippen LogP contribution in [0.2, 0.25) is 0 Å². The third kappa shape index (κ3) is 2.57. The van der Waals surface area contributed by atoms with E-state index in [1.54, 1.807) is 7.11 Å². The molecule has 5 rings (SSSR count). The smallest absolute Gasteiger partial charge is 0.153 e. The van der Waals surface area contributed by atoms with Crippen molar-refractivity contribution in [3.05, 3.63) is 90.0 Å². The number of aromatic amines is 1. The molecule has 0 saturated heterocycles. The van der Waals surface area contributed by atoms with Crippen LogP contribution in [0.25, 0.3) is 22.5 Å². The highest BCUT2D eigenvalue weighted by Gasteiger charge is 2.32. The summed E-state index contributed by atoms with van der Waals surface area (Å²) in [5.41, 5.74) is 6.13. The van der Waals surface area contributed by atoms with Crippen LogP contribution in [-0.2, 0) is 0 Å². The largest absolute Gasteiger partial charge is 0.497 e. The van der Waals surface area contributed by atoms with Gasteiger partial charge in [0.15, 0.2) is 6.10 Å². The topological polar surface area (TPSA) is 47.1 Å². The molecule has 0 aliphatic carbocycles. The first-order chi connectivity index (χ1) is 13.3. The number of ether oxygens (including phenoxy) is 2. The van der Waals surface area contributed by atoms with Crippen molar-refractivity contribution >= 4 is 0 Å². The molecule has 0 amide bonds. The van der Waals surface area contributed by atoms with E-state index in [-0.39, 0.29) is 6.10 Å². The van der Waals surface area contributed by atoms with E-state index in [1.807, 2.05) is 60.7 Å². The zero-order valence-electron chi connectivity index (χ0n) is 14.8. The van der Waals surface area contributed by atoms with E-state index < -0.39 is 0 Å². The quantitative estimate of drug-likeness (QED) is 0.548. The lowest BCUT2D eigenvalue weighted by atomic mass is 9.91. The van der Waals surface area contributed by atoms with Gasteiger partial charge in [0.05, 0.1) is 24.1 Å². The highest BCUT2D eigenvalue weighted by atomic mass is 16.5. The van der Waals surface area contributed by atoms with Crippen LogP contribution < -0.4 is 9.47 Å². The van der Waals surface area contributed by atoms with Crippen molar-refractivity contribution in [2.24, 2.45) is 0 Å². The second-order valence-corrected chi connectivity index (χ2v) is 6.49. The van der Waals surface area contributed by atoms with Crippen LogP contribution in [0.15, 0.2) is 78.9 Å². The van der Waals surface area contributed by atoms with E-state index in [0.717, 1.165) is 45.1 Å². The zero-order valence-corrected chi connectivity index (χ0v) is 14.8. The Morgan fingerprint density at radius 1 is 0.889 bits per heavy atom. The maximum atomic E-state index is 6.43. The fourth-order valence-electron chi connectivity index (χ4n) is 3.60. The number of fused-ring (bicyclic) bond motifs is 3. The minimum Gasteiger partial charge on any atom is -0.497 e. The first kappa shape index (κ1) is 15.7. The van der Waals surface area contributed by atoms with Gasteiger partial charge in [-0.1, -0.05) is 42.5 Å². The molecule has 1 unspecified atom stereocenters. The Morgan fingerprint density at radius 3 is 2.41 bits per heavy atom. The van der Waals surface area contributed by atoms with Crippen LogP contribution in [0, 0.1) is 0 Å². The average molecular weight is 354 g/mol. The van der Waals surface area contributed by atoms with Gasteiger partial charge in [-0.3, -0.25) is 5.10 Å². The standard InChI is InChI=1S/C23H18N2O2/c1-26-17-13-11-15(12-14-17)21-20-22(25-24-21)18-9-5-6-10-19(18)27-23(20)16-7-3-2-4-8-16/h2-14,23H,1H3,(H,24,25). The van der Waals surface area contributed by atoms with E-state index in [2.05, 4.69) is 28.4 Å².